The number of aldehydes is 1. The summed E-state index contributed by atoms with van der Waals surface area (Å²) in [5, 5.41) is 0. The summed E-state index contributed by atoms with van der Waals surface area (Å²) >= 11 is 0. The third kappa shape index (κ3) is 1.34. The minimum absolute atomic E-state index is 0.503. The van der Waals surface area contributed by atoms with Crippen LogP contribution in [0.15, 0.2) is 12.5 Å². The average molecular weight is 139 g/mol. The summed E-state index contributed by atoms with van der Waals surface area (Å²) in [5.41, 5.74) is 0.882. The first-order valence-corrected chi connectivity index (χ1v) is 3.04. The van der Waals surface area contributed by atoms with Crippen LogP contribution < -0.4 is 5.84 Å². The van der Waals surface area contributed by atoms with E-state index in [0.717, 1.165) is 12.0 Å². The number of hydrogen-bond donors (Lipinski definition) is 1. The zero-order valence-electron chi connectivity index (χ0n) is 5.53. The van der Waals surface area contributed by atoms with E-state index in [4.69, 9.17) is 5.84 Å². The maximum atomic E-state index is 9.94. The van der Waals surface area contributed by atoms with Crippen molar-refractivity contribution in [2.24, 2.45) is 0 Å². The standard InChI is InChI=1S/C6H9N3O/c7-9-5-8-4-6(9)2-1-3-10/h3-5H,1-2,7H2. The van der Waals surface area contributed by atoms with Gasteiger partial charge in [-0.15, -0.1) is 0 Å². The lowest BCUT2D eigenvalue weighted by atomic mass is 10.3. The Labute approximate surface area is 58.6 Å². The predicted octanol–water partition coefficient (Wildman–Crippen LogP) is -0.272. The zero-order valence-corrected chi connectivity index (χ0v) is 5.53. The van der Waals surface area contributed by atoms with E-state index < -0.39 is 0 Å². The molecule has 0 saturated carbocycles. The second-order valence-electron chi connectivity index (χ2n) is 2.00. The summed E-state index contributed by atoms with van der Waals surface area (Å²) in [4.78, 5) is 13.7. The van der Waals surface area contributed by atoms with Gasteiger partial charge in [-0.2, -0.15) is 0 Å². The number of hydrogen-bond acceptors (Lipinski definition) is 3. The molecule has 0 bridgehead atoms. The highest BCUT2D eigenvalue weighted by Gasteiger charge is 1.96. The lowest BCUT2D eigenvalue weighted by molar-refractivity contribution is -0.107. The Kier molecular flexibility index (Phi) is 2.04. The Morgan fingerprint density at radius 3 is 3.10 bits per heavy atom. The normalized spacial score (nSPS) is 9.60. The smallest absolute Gasteiger partial charge is 0.120 e. The van der Waals surface area contributed by atoms with Crippen LogP contribution in [0, 0.1) is 0 Å². The van der Waals surface area contributed by atoms with E-state index in [9.17, 15) is 4.79 Å². The van der Waals surface area contributed by atoms with Gasteiger partial charge in [0.1, 0.15) is 12.6 Å². The molecule has 1 rings (SSSR count). The van der Waals surface area contributed by atoms with Gasteiger partial charge in [0.2, 0.25) is 0 Å². The molecule has 0 radical (unpaired) electrons. The van der Waals surface area contributed by atoms with Gasteiger partial charge in [0.25, 0.3) is 0 Å². The van der Waals surface area contributed by atoms with Crippen molar-refractivity contribution in [1.29, 1.82) is 0 Å². The number of nitrogen functional groups attached to an aromatic ring is 1. The molecular formula is C6H9N3O. The van der Waals surface area contributed by atoms with Gasteiger partial charge in [-0.05, 0) is 6.42 Å². The second kappa shape index (κ2) is 3.00. The largest absolute Gasteiger partial charge is 0.338 e. The van der Waals surface area contributed by atoms with Crippen molar-refractivity contribution >= 4 is 6.29 Å². The molecule has 0 fully saturated rings. The minimum Gasteiger partial charge on any atom is -0.338 e. The zero-order chi connectivity index (χ0) is 7.40. The van der Waals surface area contributed by atoms with Crippen LogP contribution in [0.2, 0.25) is 0 Å². The molecule has 0 aromatic carbocycles. The summed E-state index contributed by atoms with van der Waals surface area (Å²) in [6.07, 6.45) is 5.21. The predicted molar refractivity (Wildman–Crippen MR) is 36.8 cm³/mol. The number of aryl methyl sites for hydroxylation is 1. The fourth-order valence-corrected chi connectivity index (χ4v) is 0.732. The van der Waals surface area contributed by atoms with Crippen molar-refractivity contribution in [3.63, 3.8) is 0 Å². The highest BCUT2D eigenvalue weighted by Crippen LogP contribution is 1.96. The molecule has 0 aliphatic rings. The first-order valence-electron chi connectivity index (χ1n) is 3.04. The highest BCUT2D eigenvalue weighted by atomic mass is 16.1. The number of aromatic nitrogens is 2. The van der Waals surface area contributed by atoms with Crippen LogP contribution in [0.3, 0.4) is 0 Å². The number of imidazole rings is 1. The van der Waals surface area contributed by atoms with Crippen LogP contribution in [0.1, 0.15) is 12.1 Å². The summed E-state index contributed by atoms with van der Waals surface area (Å²) in [6, 6.07) is 0. The van der Waals surface area contributed by atoms with E-state index in [2.05, 4.69) is 4.98 Å². The number of carbonyl (C=O) groups is 1. The Hall–Kier alpha value is -1.32. The van der Waals surface area contributed by atoms with Gasteiger partial charge in [0, 0.05) is 6.42 Å². The highest BCUT2D eigenvalue weighted by molar-refractivity contribution is 5.49. The Bertz CT molecular complexity index is 219. The monoisotopic (exact) mass is 139 g/mol. The molecule has 4 nitrogen and oxygen atoms in total. The first kappa shape index (κ1) is 6.80. The van der Waals surface area contributed by atoms with E-state index in [1.54, 1.807) is 6.20 Å². The molecule has 0 aliphatic heterocycles. The van der Waals surface area contributed by atoms with Crippen molar-refractivity contribution in [2.45, 2.75) is 12.8 Å². The number of nitrogens with two attached hydrogens (primary N) is 1. The van der Waals surface area contributed by atoms with E-state index in [1.807, 2.05) is 0 Å². The summed E-state index contributed by atoms with van der Waals surface area (Å²) < 4.78 is 1.42. The molecule has 0 atom stereocenters. The number of carbonyl (C=O) groups excluding carboxylic acids is 1. The Morgan fingerprint density at radius 2 is 2.60 bits per heavy atom. The lowest BCUT2D eigenvalue weighted by Gasteiger charge is -1.95. The molecule has 4 heteroatoms. The van der Waals surface area contributed by atoms with Gasteiger partial charge in [-0.3, -0.25) is 4.68 Å². The van der Waals surface area contributed by atoms with Gasteiger partial charge in [-0.1, -0.05) is 0 Å². The van der Waals surface area contributed by atoms with Crippen LogP contribution in [-0.2, 0) is 11.2 Å². The topological polar surface area (TPSA) is 60.9 Å². The Balaban J connectivity index is 2.56. The molecule has 0 saturated heterocycles. The quantitative estimate of drug-likeness (QED) is 0.463. The minimum atomic E-state index is 0.503. The molecule has 0 spiro atoms. The van der Waals surface area contributed by atoms with Crippen molar-refractivity contribution in [3.8, 4) is 0 Å². The third-order valence-corrected chi connectivity index (χ3v) is 1.26. The van der Waals surface area contributed by atoms with Crippen molar-refractivity contribution in [2.75, 3.05) is 5.84 Å². The lowest BCUT2D eigenvalue weighted by Crippen LogP contribution is -2.10. The fourth-order valence-electron chi connectivity index (χ4n) is 0.732. The number of nitrogens with zero attached hydrogens (tertiary/aromatic N) is 2. The molecule has 0 aliphatic carbocycles. The van der Waals surface area contributed by atoms with Crippen LogP contribution in [0.5, 0.6) is 0 Å². The maximum Gasteiger partial charge on any atom is 0.120 e. The van der Waals surface area contributed by atoms with Crippen molar-refractivity contribution in [1.82, 2.24) is 9.66 Å². The van der Waals surface area contributed by atoms with Gasteiger partial charge < -0.3 is 10.6 Å². The van der Waals surface area contributed by atoms with Crippen molar-refractivity contribution < 1.29 is 4.79 Å². The van der Waals surface area contributed by atoms with Crippen LogP contribution in [-0.4, -0.2) is 15.9 Å². The molecule has 1 aromatic rings. The van der Waals surface area contributed by atoms with E-state index in [1.165, 1.54) is 11.0 Å². The maximum absolute atomic E-state index is 9.94. The summed E-state index contributed by atoms with van der Waals surface area (Å²) in [5.74, 6) is 5.42. The van der Waals surface area contributed by atoms with E-state index in [0.29, 0.717) is 12.8 Å². The SMILES string of the molecule is Nn1cncc1CCC=O. The molecular weight excluding hydrogens is 130 g/mol. The van der Waals surface area contributed by atoms with Crippen molar-refractivity contribution in [3.05, 3.63) is 18.2 Å². The Morgan fingerprint density at radius 1 is 1.80 bits per heavy atom. The second-order valence-corrected chi connectivity index (χ2v) is 2.00. The average Bonchev–Trinajstić information content (AvgIpc) is 2.31. The van der Waals surface area contributed by atoms with Gasteiger partial charge in [0.05, 0.1) is 11.9 Å². The first-order chi connectivity index (χ1) is 4.84. The molecule has 0 unspecified atom stereocenters. The molecule has 1 aromatic heterocycles. The molecule has 10 heavy (non-hydrogen) atoms. The summed E-state index contributed by atoms with van der Waals surface area (Å²) in [7, 11) is 0. The van der Waals surface area contributed by atoms with Crippen LogP contribution >= 0.6 is 0 Å². The third-order valence-electron chi connectivity index (χ3n) is 1.26. The molecule has 0 amide bonds. The molecule has 1 heterocycles. The van der Waals surface area contributed by atoms with E-state index in [-0.39, 0.29) is 0 Å². The van der Waals surface area contributed by atoms with Crippen LogP contribution in [0.25, 0.3) is 0 Å². The van der Waals surface area contributed by atoms with Gasteiger partial charge in [-0.25, -0.2) is 4.98 Å². The van der Waals surface area contributed by atoms with Gasteiger partial charge in [0.15, 0.2) is 0 Å². The number of rotatable bonds is 3. The van der Waals surface area contributed by atoms with Gasteiger partial charge >= 0.3 is 0 Å². The fraction of sp³-hybridized carbons (Fsp3) is 0.333. The molecule has 2 N–H and O–H groups in total. The van der Waals surface area contributed by atoms with E-state index >= 15 is 0 Å². The molecule has 54 valence electrons. The van der Waals surface area contributed by atoms with Crippen LogP contribution in [0.4, 0.5) is 0 Å². The summed E-state index contributed by atoms with van der Waals surface area (Å²) in [6.45, 7) is 0.